The third-order valence-corrected chi connectivity index (χ3v) is 2.77. The van der Waals surface area contributed by atoms with E-state index in [2.05, 4.69) is 29.3 Å². The van der Waals surface area contributed by atoms with Crippen LogP contribution in [0.25, 0.3) is 0 Å². The number of benzene rings is 1. The van der Waals surface area contributed by atoms with Crippen LogP contribution in [-0.4, -0.2) is 31.4 Å². The number of aryl methyl sites for hydroxylation is 1. The molecule has 0 saturated heterocycles. The molecule has 0 fully saturated rings. The van der Waals surface area contributed by atoms with Crippen LogP contribution in [0.2, 0.25) is 0 Å². The lowest BCUT2D eigenvalue weighted by atomic mass is 10.0. The highest BCUT2D eigenvalue weighted by atomic mass is 16.1. The average Bonchev–Trinajstić information content (AvgIpc) is 2.28. The smallest absolute Gasteiger partial charge is 0.220 e. The SMILES string of the molecule is CCC(=O)NC(CN(C)C)c1ccccc1C. The van der Waals surface area contributed by atoms with Gasteiger partial charge in [-0.1, -0.05) is 31.2 Å². The van der Waals surface area contributed by atoms with Gasteiger partial charge in [0.05, 0.1) is 6.04 Å². The minimum Gasteiger partial charge on any atom is -0.348 e. The van der Waals surface area contributed by atoms with E-state index in [1.165, 1.54) is 11.1 Å². The molecule has 0 heterocycles. The van der Waals surface area contributed by atoms with Crippen LogP contribution in [0.3, 0.4) is 0 Å². The van der Waals surface area contributed by atoms with E-state index >= 15 is 0 Å². The number of amides is 1. The second-order valence-corrected chi connectivity index (χ2v) is 4.59. The molecule has 1 rings (SSSR count). The molecule has 0 bridgehead atoms. The van der Waals surface area contributed by atoms with E-state index in [0.717, 1.165) is 6.54 Å². The Labute approximate surface area is 104 Å². The van der Waals surface area contributed by atoms with Gasteiger partial charge in [-0.25, -0.2) is 0 Å². The summed E-state index contributed by atoms with van der Waals surface area (Å²) in [4.78, 5) is 13.6. The van der Waals surface area contributed by atoms with Crippen molar-refractivity contribution in [3.8, 4) is 0 Å². The first-order valence-corrected chi connectivity index (χ1v) is 6.04. The van der Waals surface area contributed by atoms with Crippen LogP contribution >= 0.6 is 0 Å². The minimum atomic E-state index is 0.0682. The summed E-state index contributed by atoms with van der Waals surface area (Å²) >= 11 is 0. The van der Waals surface area contributed by atoms with Gasteiger partial charge < -0.3 is 10.2 Å². The Morgan fingerprint density at radius 1 is 1.35 bits per heavy atom. The van der Waals surface area contributed by atoms with Gasteiger partial charge in [0.1, 0.15) is 0 Å². The summed E-state index contributed by atoms with van der Waals surface area (Å²) in [7, 11) is 4.03. The standard InChI is InChI=1S/C14H22N2O/c1-5-14(17)15-13(10-16(3)4)12-9-7-6-8-11(12)2/h6-9,13H,5,10H2,1-4H3,(H,15,17). The van der Waals surface area contributed by atoms with Crippen LogP contribution < -0.4 is 5.32 Å². The molecule has 1 unspecified atom stereocenters. The Bertz CT molecular complexity index is 374. The van der Waals surface area contributed by atoms with Crippen LogP contribution in [-0.2, 0) is 4.79 Å². The zero-order chi connectivity index (χ0) is 12.8. The largest absolute Gasteiger partial charge is 0.348 e. The van der Waals surface area contributed by atoms with Gasteiger partial charge in [-0.3, -0.25) is 4.79 Å². The maximum Gasteiger partial charge on any atom is 0.220 e. The molecule has 1 N–H and O–H groups in total. The average molecular weight is 234 g/mol. The van der Waals surface area contributed by atoms with Gasteiger partial charge in [0.15, 0.2) is 0 Å². The highest BCUT2D eigenvalue weighted by Gasteiger charge is 2.16. The van der Waals surface area contributed by atoms with Crippen LogP contribution in [0.15, 0.2) is 24.3 Å². The van der Waals surface area contributed by atoms with Crippen molar-refractivity contribution in [2.45, 2.75) is 26.3 Å². The molecule has 94 valence electrons. The maximum atomic E-state index is 11.6. The fraction of sp³-hybridized carbons (Fsp3) is 0.500. The van der Waals surface area contributed by atoms with Crippen LogP contribution in [0.5, 0.6) is 0 Å². The minimum absolute atomic E-state index is 0.0682. The molecule has 17 heavy (non-hydrogen) atoms. The molecule has 1 atom stereocenters. The fourth-order valence-electron chi connectivity index (χ4n) is 1.86. The summed E-state index contributed by atoms with van der Waals surface area (Å²) in [6.45, 7) is 4.77. The molecule has 0 aliphatic rings. The Kier molecular flexibility index (Phi) is 5.16. The molecule has 0 aliphatic carbocycles. The molecule has 0 spiro atoms. The maximum absolute atomic E-state index is 11.6. The van der Waals surface area contributed by atoms with Gasteiger partial charge in [0.25, 0.3) is 0 Å². The van der Waals surface area contributed by atoms with Gasteiger partial charge >= 0.3 is 0 Å². The van der Waals surface area contributed by atoms with Gasteiger partial charge in [0, 0.05) is 13.0 Å². The van der Waals surface area contributed by atoms with E-state index in [0.29, 0.717) is 6.42 Å². The number of likely N-dealkylation sites (N-methyl/N-ethyl adjacent to an activating group) is 1. The Hall–Kier alpha value is -1.35. The lowest BCUT2D eigenvalue weighted by molar-refractivity contribution is -0.121. The van der Waals surface area contributed by atoms with Crippen LogP contribution in [0.1, 0.15) is 30.5 Å². The number of hydrogen-bond acceptors (Lipinski definition) is 2. The molecular weight excluding hydrogens is 212 g/mol. The van der Waals surface area contributed by atoms with Gasteiger partial charge in [0.2, 0.25) is 5.91 Å². The highest BCUT2D eigenvalue weighted by Crippen LogP contribution is 2.18. The third-order valence-electron chi connectivity index (χ3n) is 2.77. The monoisotopic (exact) mass is 234 g/mol. The van der Waals surface area contributed by atoms with Crippen molar-refractivity contribution >= 4 is 5.91 Å². The second kappa shape index (κ2) is 6.40. The van der Waals surface area contributed by atoms with E-state index in [-0.39, 0.29) is 11.9 Å². The molecule has 1 amide bonds. The summed E-state index contributed by atoms with van der Waals surface area (Å²) in [5.74, 6) is 0.0973. The lowest BCUT2D eigenvalue weighted by Gasteiger charge is -2.24. The van der Waals surface area contributed by atoms with E-state index < -0.39 is 0 Å². The summed E-state index contributed by atoms with van der Waals surface area (Å²) in [6.07, 6.45) is 0.524. The zero-order valence-electron chi connectivity index (χ0n) is 11.2. The van der Waals surface area contributed by atoms with Gasteiger partial charge in [-0.05, 0) is 32.1 Å². The molecular formula is C14H22N2O. The van der Waals surface area contributed by atoms with Gasteiger partial charge in [-0.2, -0.15) is 0 Å². The summed E-state index contributed by atoms with van der Waals surface area (Å²) < 4.78 is 0. The van der Waals surface area contributed by atoms with Crippen molar-refractivity contribution in [3.63, 3.8) is 0 Å². The third kappa shape index (κ3) is 4.19. The Morgan fingerprint density at radius 3 is 2.53 bits per heavy atom. The number of nitrogens with one attached hydrogen (secondary N) is 1. The molecule has 3 nitrogen and oxygen atoms in total. The van der Waals surface area contributed by atoms with E-state index in [1.807, 2.05) is 33.2 Å². The molecule has 0 radical (unpaired) electrons. The van der Waals surface area contributed by atoms with Crippen LogP contribution in [0.4, 0.5) is 0 Å². The number of carbonyl (C=O) groups is 1. The van der Waals surface area contributed by atoms with E-state index in [9.17, 15) is 4.79 Å². The predicted molar refractivity (Wildman–Crippen MR) is 70.9 cm³/mol. The molecule has 0 aromatic heterocycles. The normalized spacial score (nSPS) is 12.5. The van der Waals surface area contributed by atoms with Crippen molar-refractivity contribution in [1.29, 1.82) is 0 Å². The summed E-state index contributed by atoms with van der Waals surface area (Å²) in [6, 6.07) is 8.27. The summed E-state index contributed by atoms with van der Waals surface area (Å²) in [5, 5.41) is 3.07. The van der Waals surface area contributed by atoms with Crippen molar-refractivity contribution in [2.75, 3.05) is 20.6 Å². The molecule has 3 heteroatoms. The second-order valence-electron chi connectivity index (χ2n) is 4.59. The number of nitrogens with zero attached hydrogens (tertiary/aromatic N) is 1. The van der Waals surface area contributed by atoms with Crippen molar-refractivity contribution in [1.82, 2.24) is 10.2 Å². The molecule has 0 saturated carbocycles. The predicted octanol–water partition coefficient (Wildman–Crippen LogP) is 2.12. The van der Waals surface area contributed by atoms with Crippen molar-refractivity contribution in [3.05, 3.63) is 35.4 Å². The molecule has 1 aromatic carbocycles. The molecule has 1 aromatic rings. The van der Waals surface area contributed by atoms with Gasteiger partial charge in [-0.15, -0.1) is 0 Å². The molecule has 0 aliphatic heterocycles. The highest BCUT2D eigenvalue weighted by molar-refractivity contribution is 5.76. The first-order chi connectivity index (χ1) is 8.04. The number of hydrogen-bond donors (Lipinski definition) is 1. The van der Waals surface area contributed by atoms with Crippen LogP contribution in [0, 0.1) is 6.92 Å². The Balaban J connectivity index is 2.89. The lowest BCUT2D eigenvalue weighted by Crippen LogP contribution is -2.35. The first kappa shape index (κ1) is 13.7. The van der Waals surface area contributed by atoms with E-state index in [4.69, 9.17) is 0 Å². The fourth-order valence-corrected chi connectivity index (χ4v) is 1.86. The first-order valence-electron chi connectivity index (χ1n) is 6.04. The van der Waals surface area contributed by atoms with Crippen molar-refractivity contribution < 1.29 is 4.79 Å². The topological polar surface area (TPSA) is 32.3 Å². The van der Waals surface area contributed by atoms with E-state index in [1.54, 1.807) is 0 Å². The number of carbonyl (C=O) groups excluding carboxylic acids is 1. The Morgan fingerprint density at radius 2 is 2.00 bits per heavy atom. The number of rotatable bonds is 5. The van der Waals surface area contributed by atoms with Crippen molar-refractivity contribution in [2.24, 2.45) is 0 Å². The zero-order valence-corrected chi connectivity index (χ0v) is 11.2. The summed E-state index contributed by atoms with van der Waals surface area (Å²) in [5.41, 5.74) is 2.42. The quantitative estimate of drug-likeness (QED) is 0.846.